The van der Waals surface area contributed by atoms with Crippen molar-refractivity contribution < 1.29 is 6.85 Å². The number of hydrogen-bond donors (Lipinski definition) is 0. The van der Waals surface area contributed by atoms with Gasteiger partial charge in [-0.15, -0.1) is 11.3 Å². The number of hydrogen-bond acceptors (Lipinski definition) is 4. The van der Waals surface area contributed by atoms with Crippen molar-refractivity contribution in [2.75, 3.05) is 0 Å². The Bertz CT molecular complexity index is 3470. The fraction of sp³-hybridized carbons (Fsp3) is 0. The Hall–Kier alpha value is -7.21. The summed E-state index contributed by atoms with van der Waals surface area (Å²) in [6, 6.07) is 54.1. The van der Waals surface area contributed by atoms with Crippen LogP contribution >= 0.6 is 11.3 Å². The molecule has 0 unspecified atom stereocenters. The van der Waals surface area contributed by atoms with Crippen LogP contribution in [0.1, 0.15) is 6.85 Å². The number of benzene rings is 8. The molecule has 0 bridgehead atoms. The first-order chi connectivity index (χ1) is 29.8. The Kier molecular flexibility index (Phi) is 6.49. The lowest BCUT2D eigenvalue weighted by Crippen LogP contribution is -2.00. The minimum Gasteiger partial charge on any atom is -0.309 e. The standard InChI is InChI=1S/C51H32N4S/c1-4-16-33(17-5-1)39-26-15-27-42-44-32-38(55-45-28-12-10-24-40(45)41-25-11-13-29-46(41)55)31-43(48(44)56-47(39)42)36-22-14-23-37(30-36)51-53-49(34-18-6-2-7-19-34)52-50(54-51)35-20-8-3-9-21-35/h1-32H/i2D,6D,7D,18D,19D. The normalized spacial score (nSPS) is 12.8. The average molecular weight is 738 g/mol. The van der Waals surface area contributed by atoms with Gasteiger partial charge < -0.3 is 4.57 Å². The van der Waals surface area contributed by atoms with Crippen LogP contribution in [0.3, 0.4) is 0 Å². The zero-order chi connectivity index (χ0) is 41.4. The lowest BCUT2D eigenvalue weighted by molar-refractivity contribution is 1.07. The highest BCUT2D eigenvalue weighted by Crippen LogP contribution is 2.46. The van der Waals surface area contributed by atoms with E-state index in [4.69, 9.17) is 21.8 Å². The molecule has 0 fully saturated rings. The molecule has 3 heterocycles. The molecule has 262 valence electrons. The number of para-hydroxylation sites is 2. The molecular weight excluding hydrogens is 701 g/mol. The maximum absolute atomic E-state index is 8.77. The summed E-state index contributed by atoms with van der Waals surface area (Å²) in [7, 11) is 0. The summed E-state index contributed by atoms with van der Waals surface area (Å²) in [6.45, 7) is 0. The molecular formula is C51H32N4S. The molecule has 0 amide bonds. The number of fused-ring (bicyclic) bond motifs is 6. The molecule has 8 aromatic carbocycles. The molecule has 0 N–H and O–H groups in total. The van der Waals surface area contributed by atoms with Crippen molar-refractivity contribution >= 4 is 53.3 Å². The molecule has 11 aromatic rings. The fourth-order valence-corrected chi connectivity index (χ4v) is 9.15. The predicted octanol–water partition coefficient (Wildman–Crippen LogP) is 13.7. The van der Waals surface area contributed by atoms with Gasteiger partial charge in [0.2, 0.25) is 0 Å². The summed E-state index contributed by atoms with van der Waals surface area (Å²) >= 11 is 1.78. The van der Waals surface area contributed by atoms with E-state index >= 15 is 0 Å². The minimum absolute atomic E-state index is 0.0000410. The van der Waals surface area contributed by atoms with Gasteiger partial charge in [-0.25, -0.2) is 15.0 Å². The second kappa shape index (κ2) is 13.3. The lowest BCUT2D eigenvalue weighted by atomic mass is 9.98. The van der Waals surface area contributed by atoms with Crippen LogP contribution in [-0.4, -0.2) is 19.5 Å². The van der Waals surface area contributed by atoms with Crippen LogP contribution in [0.15, 0.2) is 194 Å². The van der Waals surface area contributed by atoms with Crippen LogP contribution < -0.4 is 0 Å². The van der Waals surface area contributed by atoms with Gasteiger partial charge in [0.05, 0.1) is 17.9 Å². The van der Waals surface area contributed by atoms with E-state index in [0.29, 0.717) is 22.8 Å². The van der Waals surface area contributed by atoms with E-state index in [1.165, 1.54) is 26.4 Å². The van der Waals surface area contributed by atoms with Crippen LogP contribution in [0.4, 0.5) is 0 Å². The summed E-state index contributed by atoms with van der Waals surface area (Å²) in [6.07, 6.45) is 0. The molecule has 0 aliphatic heterocycles. The second-order valence-electron chi connectivity index (χ2n) is 13.6. The van der Waals surface area contributed by atoms with Gasteiger partial charge in [-0.1, -0.05) is 164 Å². The Labute approximate surface area is 334 Å². The summed E-state index contributed by atoms with van der Waals surface area (Å²) in [5, 5.41) is 4.69. The molecule has 0 aliphatic carbocycles. The smallest absolute Gasteiger partial charge is 0.164 e. The topological polar surface area (TPSA) is 43.6 Å². The third kappa shape index (κ3) is 5.40. The van der Waals surface area contributed by atoms with Crippen molar-refractivity contribution in [1.29, 1.82) is 0 Å². The van der Waals surface area contributed by atoms with Crippen molar-refractivity contribution in [2.24, 2.45) is 0 Å². The van der Waals surface area contributed by atoms with Crippen molar-refractivity contribution in [2.45, 2.75) is 0 Å². The molecule has 0 saturated heterocycles. The number of nitrogens with zero attached hydrogens (tertiary/aromatic N) is 4. The van der Waals surface area contributed by atoms with Crippen molar-refractivity contribution in [3.8, 4) is 62.1 Å². The van der Waals surface area contributed by atoms with Gasteiger partial charge >= 0.3 is 0 Å². The van der Waals surface area contributed by atoms with Crippen molar-refractivity contribution in [3.05, 3.63) is 194 Å². The van der Waals surface area contributed by atoms with E-state index in [1.807, 2.05) is 48.5 Å². The van der Waals surface area contributed by atoms with E-state index < -0.39 is 18.1 Å². The predicted molar refractivity (Wildman–Crippen MR) is 234 cm³/mol. The van der Waals surface area contributed by atoms with Gasteiger partial charge in [0, 0.05) is 58.9 Å². The number of thiophene rings is 1. The second-order valence-corrected chi connectivity index (χ2v) is 14.7. The first-order valence-corrected chi connectivity index (χ1v) is 19.2. The van der Waals surface area contributed by atoms with Gasteiger partial charge in [0.25, 0.3) is 0 Å². The summed E-state index contributed by atoms with van der Waals surface area (Å²) in [5.41, 5.74) is 8.90. The largest absolute Gasteiger partial charge is 0.309 e. The molecule has 0 saturated carbocycles. The number of rotatable bonds is 6. The van der Waals surface area contributed by atoms with E-state index in [9.17, 15) is 0 Å². The van der Waals surface area contributed by atoms with Crippen LogP contribution in [0.5, 0.6) is 0 Å². The molecule has 56 heavy (non-hydrogen) atoms. The van der Waals surface area contributed by atoms with Crippen LogP contribution in [-0.2, 0) is 0 Å². The Morgan fingerprint density at radius 1 is 0.393 bits per heavy atom. The molecule has 5 heteroatoms. The van der Waals surface area contributed by atoms with E-state index in [1.54, 1.807) is 11.3 Å². The fourth-order valence-electron chi connectivity index (χ4n) is 7.79. The Morgan fingerprint density at radius 3 is 1.64 bits per heavy atom. The highest BCUT2D eigenvalue weighted by Gasteiger charge is 2.20. The van der Waals surface area contributed by atoms with Gasteiger partial charge in [-0.05, 0) is 47.0 Å². The molecule has 0 aliphatic rings. The van der Waals surface area contributed by atoms with Gasteiger partial charge in [0.1, 0.15) is 0 Å². The zero-order valence-electron chi connectivity index (χ0n) is 34.8. The monoisotopic (exact) mass is 737 g/mol. The summed E-state index contributed by atoms with van der Waals surface area (Å²) < 4.78 is 47.2. The van der Waals surface area contributed by atoms with E-state index in [2.05, 4.69) is 120 Å². The number of aromatic nitrogens is 4. The molecule has 0 atom stereocenters. The third-order valence-electron chi connectivity index (χ3n) is 10.3. The molecule has 11 rings (SSSR count). The molecule has 4 nitrogen and oxygen atoms in total. The average Bonchev–Trinajstić information content (AvgIpc) is 3.86. The van der Waals surface area contributed by atoms with Gasteiger partial charge in [-0.3, -0.25) is 0 Å². The maximum Gasteiger partial charge on any atom is 0.164 e. The summed E-state index contributed by atoms with van der Waals surface area (Å²) in [4.78, 5) is 14.5. The maximum atomic E-state index is 8.77. The Balaban J connectivity index is 1.18. The van der Waals surface area contributed by atoms with Crippen LogP contribution in [0.25, 0.3) is 104 Å². The molecule has 3 aromatic heterocycles. The van der Waals surface area contributed by atoms with E-state index in [-0.39, 0.29) is 23.5 Å². The SMILES string of the molecule is [2H]c1c([2H])c([2H])c(-c2nc(-c3ccccc3)nc(-c3cccc(-c4cc(-n5c6ccccc6c6ccccc65)cc5c4sc4c(-c6ccccc6)cccc45)c3)n2)c([2H])c1[2H]. The lowest BCUT2D eigenvalue weighted by Gasteiger charge is -2.13. The highest BCUT2D eigenvalue weighted by atomic mass is 32.1. The van der Waals surface area contributed by atoms with Crippen LogP contribution in [0, 0.1) is 0 Å². The van der Waals surface area contributed by atoms with Crippen molar-refractivity contribution in [3.63, 3.8) is 0 Å². The minimum atomic E-state index is -0.476. The van der Waals surface area contributed by atoms with E-state index in [0.717, 1.165) is 43.5 Å². The van der Waals surface area contributed by atoms with Crippen LogP contribution in [0.2, 0.25) is 0 Å². The molecule has 0 spiro atoms. The zero-order valence-corrected chi connectivity index (χ0v) is 30.6. The van der Waals surface area contributed by atoms with Gasteiger partial charge in [-0.2, -0.15) is 0 Å². The van der Waals surface area contributed by atoms with Gasteiger partial charge in [0.15, 0.2) is 17.5 Å². The Morgan fingerprint density at radius 2 is 0.929 bits per heavy atom. The molecule has 0 radical (unpaired) electrons. The third-order valence-corrected chi connectivity index (χ3v) is 11.6. The first-order valence-electron chi connectivity index (χ1n) is 20.9. The highest BCUT2D eigenvalue weighted by molar-refractivity contribution is 7.26. The first kappa shape index (κ1) is 27.4. The van der Waals surface area contributed by atoms with Crippen molar-refractivity contribution in [1.82, 2.24) is 19.5 Å². The quantitative estimate of drug-likeness (QED) is 0.171. The summed E-state index contributed by atoms with van der Waals surface area (Å²) in [5.74, 6) is 0.640.